The predicted octanol–water partition coefficient (Wildman–Crippen LogP) is 2.57. The maximum atomic E-state index is 13.6. The third kappa shape index (κ3) is 4.19. The molecule has 8 nitrogen and oxygen atoms in total. The number of aromatic nitrogens is 1. The molecular formula is C25H21FN4O4. The molecule has 0 aliphatic carbocycles. The minimum Gasteiger partial charge on any atom is -0.484 e. The number of piperazine rings is 1. The van der Waals surface area contributed by atoms with Gasteiger partial charge in [-0.1, -0.05) is 24.3 Å². The molecule has 0 spiro atoms. The first-order valence-corrected chi connectivity index (χ1v) is 10.8. The van der Waals surface area contributed by atoms with Gasteiger partial charge in [-0.15, -0.1) is 0 Å². The summed E-state index contributed by atoms with van der Waals surface area (Å²) >= 11 is 0. The number of nitrogens with zero attached hydrogens (tertiary/aromatic N) is 3. The molecule has 5 rings (SSSR count). The highest BCUT2D eigenvalue weighted by atomic mass is 19.1. The van der Waals surface area contributed by atoms with Gasteiger partial charge in [0.2, 0.25) is 5.91 Å². The third-order valence-electron chi connectivity index (χ3n) is 5.95. The zero-order chi connectivity index (χ0) is 23.7. The van der Waals surface area contributed by atoms with Crippen LogP contribution in [-0.4, -0.2) is 64.8 Å². The summed E-state index contributed by atoms with van der Waals surface area (Å²) < 4.78 is 19.2. The van der Waals surface area contributed by atoms with Crippen molar-refractivity contribution in [2.45, 2.75) is 6.04 Å². The Morgan fingerprint density at radius 3 is 2.68 bits per heavy atom. The van der Waals surface area contributed by atoms with Crippen molar-refractivity contribution in [1.29, 1.82) is 0 Å². The highest BCUT2D eigenvalue weighted by molar-refractivity contribution is 6.10. The zero-order valence-electron chi connectivity index (χ0n) is 18.1. The predicted molar refractivity (Wildman–Crippen MR) is 122 cm³/mol. The van der Waals surface area contributed by atoms with Crippen molar-refractivity contribution in [3.05, 3.63) is 78.4 Å². The molecule has 1 aromatic heterocycles. The molecule has 0 radical (unpaired) electrons. The SMILES string of the molecule is O=C1Nc2ccc(-c3cncc(F)c3)cc2C(=O)N2CCN(C(=O)COc3ccccc3)CC12. The van der Waals surface area contributed by atoms with E-state index in [4.69, 9.17) is 4.74 Å². The summed E-state index contributed by atoms with van der Waals surface area (Å²) in [7, 11) is 0. The Morgan fingerprint density at radius 2 is 1.88 bits per heavy atom. The maximum absolute atomic E-state index is 13.6. The summed E-state index contributed by atoms with van der Waals surface area (Å²) in [5, 5.41) is 2.80. The number of benzene rings is 2. The average molecular weight is 460 g/mol. The number of anilines is 1. The molecule has 3 heterocycles. The van der Waals surface area contributed by atoms with Crippen LogP contribution in [0.2, 0.25) is 0 Å². The Kier molecular flexibility index (Phi) is 5.67. The summed E-state index contributed by atoms with van der Waals surface area (Å²) in [6.45, 7) is 0.412. The van der Waals surface area contributed by atoms with Crippen LogP contribution in [0.4, 0.5) is 10.1 Å². The quantitative estimate of drug-likeness (QED) is 0.646. The van der Waals surface area contributed by atoms with Gasteiger partial charge in [-0.2, -0.15) is 0 Å². The first kappa shape index (κ1) is 21.6. The van der Waals surface area contributed by atoms with Gasteiger partial charge in [-0.3, -0.25) is 19.4 Å². The number of pyridine rings is 1. The summed E-state index contributed by atoms with van der Waals surface area (Å²) in [5.74, 6) is -0.849. The van der Waals surface area contributed by atoms with E-state index in [1.165, 1.54) is 22.1 Å². The van der Waals surface area contributed by atoms with E-state index in [1.807, 2.05) is 18.2 Å². The van der Waals surface area contributed by atoms with Crippen LogP contribution in [0.15, 0.2) is 67.0 Å². The molecule has 2 aromatic carbocycles. The number of nitrogens with one attached hydrogen (secondary N) is 1. The van der Waals surface area contributed by atoms with E-state index in [-0.39, 0.29) is 44.0 Å². The highest BCUT2D eigenvalue weighted by Gasteiger charge is 2.40. The lowest BCUT2D eigenvalue weighted by Gasteiger charge is -2.39. The molecule has 3 amide bonds. The second-order valence-electron chi connectivity index (χ2n) is 8.10. The van der Waals surface area contributed by atoms with E-state index in [0.29, 0.717) is 28.1 Å². The van der Waals surface area contributed by atoms with Crippen LogP contribution < -0.4 is 10.1 Å². The van der Waals surface area contributed by atoms with Crippen molar-refractivity contribution in [2.75, 3.05) is 31.6 Å². The van der Waals surface area contributed by atoms with Crippen LogP contribution >= 0.6 is 0 Å². The summed E-state index contributed by atoms with van der Waals surface area (Å²) in [5.41, 5.74) is 1.82. The van der Waals surface area contributed by atoms with Crippen LogP contribution in [-0.2, 0) is 9.59 Å². The number of amides is 3. The van der Waals surface area contributed by atoms with Crippen LogP contribution in [0.1, 0.15) is 10.4 Å². The molecule has 1 saturated heterocycles. The minimum atomic E-state index is -0.825. The van der Waals surface area contributed by atoms with Gasteiger partial charge in [-0.25, -0.2) is 4.39 Å². The molecule has 0 bridgehead atoms. The minimum absolute atomic E-state index is 0.0726. The van der Waals surface area contributed by atoms with Crippen molar-refractivity contribution in [2.24, 2.45) is 0 Å². The normalized spacial score (nSPS) is 17.4. The van der Waals surface area contributed by atoms with E-state index in [1.54, 1.807) is 30.3 Å². The second kappa shape index (κ2) is 8.93. The molecule has 2 aliphatic heterocycles. The second-order valence-corrected chi connectivity index (χ2v) is 8.10. The zero-order valence-corrected chi connectivity index (χ0v) is 18.1. The van der Waals surface area contributed by atoms with Crippen molar-refractivity contribution in [3.8, 4) is 16.9 Å². The number of carbonyl (C=O) groups excluding carboxylic acids is 3. The number of ether oxygens (including phenoxy) is 1. The van der Waals surface area contributed by atoms with Gasteiger partial charge in [0.15, 0.2) is 6.61 Å². The molecule has 1 atom stereocenters. The topological polar surface area (TPSA) is 91.8 Å². The number of carbonyl (C=O) groups is 3. The van der Waals surface area contributed by atoms with Crippen LogP contribution in [0, 0.1) is 5.82 Å². The summed E-state index contributed by atoms with van der Waals surface area (Å²) in [6, 6.07) is 14.5. The smallest absolute Gasteiger partial charge is 0.260 e. The largest absolute Gasteiger partial charge is 0.484 e. The van der Waals surface area contributed by atoms with Crippen LogP contribution in [0.5, 0.6) is 5.75 Å². The Hall–Kier alpha value is -4.27. The number of rotatable bonds is 4. The maximum Gasteiger partial charge on any atom is 0.260 e. The standard InChI is InChI=1S/C25H21FN4O4/c26-18-10-17(12-27-13-18)16-6-7-21-20(11-16)25(33)30-9-8-29(14-22(30)24(32)28-21)23(31)15-34-19-4-2-1-3-5-19/h1-7,10-13,22H,8-9,14-15H2,(H,28,32). The molecule has 34 heavy (non-hydrogen) atoms. The average Bonchev–Trinajstić information content (AvgIpc) is 2.97. The molecule has 9 heteroatoms. The summed E-state index contributed by atoms with van der Waals surface area (Å²) in [6.07, 6.45) is 2.61. The lowest BCUT2D eigenvalue weighted by Crippen LogP contribution is -2.60. The Bertz CT molecular complexity index is 1270. The van der Waals surface area contributed by atoms with Gasteiger partial charge >= 0.3 is 0 Å². The van der Waals surface area contributed by atoms with Gasteiger partial charge in [0.1, 0.15) is 17.6 Å². The fraction of sp³-hybridized carbons (Fsp3) is 0.200. The van der Waals surface area contributed by atoms with Crippen LogP contribution in [0.3, 0.4) is 0 Å². The van der Waals surface area contributed by atoms with Gasteiger partial charge in [0, 0.05) is 24.8 Å². The number of para-hydroxylation sites is 1. The third-order valence-corrected chi connectivity index (χ3v) is 5.95. The number of fused-ring (bicyclic) bond motifs is 2. The van der Waals surface area contributed by atoms with E-state index in [9.17, 15) is 18.8 Å². The molecule has 2 aliphatic rings. The van der Waals surface area contributed by atoms with E-state index >= 15 is 0 Å². The molecular weight excluding hydrogens is 439 g/mol. The highest BCUT2D eigenvalue weighted by Crippen LogP contribution is 2.30. The van der Waals surface area contributed by atoms with Crippen molar-refractivity contribution in [3.63, 3.8) is 0 Å². The first-order chi connectivity index (χ1) is 16.5. The lowest BCUT2D eigenvalue weighted by molar-refractivity contribution is -0.137. The van der Waals surface area contributed by atoms with Crippen molar-refractivity contribution < 1.29 is 23.5 Å². The fourth-order valence-corrected chi connectivity index (χ4v) is 4.18. The van der Waals surface area contributed by atoms with Crippen molar-refractivity contribution >= 4 is 23.4 Å². The first-order valence-electron chi connectivity index (χ1n) is 10.8. The molecule has 172 valence electrons. The van der Waals surface area contributed by atoms with Gasteiger partial charge in [-0.05, 0) is 35.9 Å². The van der Waals surface area contributed by atoms with Gasteiger partial charge in [0.25, 0.3) is 11.8 Å². The Balaban J connectivity index is 1.33. The van der Waals surface area contributed by atoms with Gasteiger partial charge in [0.05, 0.1) is 24.0 Å². The Labute approximate surface area is 195 Å². The van der Waals surface area contributed by atoms with E-state index < -0.39 is 11.9 Å². The number of hydrogen-bond acceptors (Lipinski definition) is 5. The number of halogens is 1. The molecule has 0 saturated carbocycles. The lowest BCUT2D eigenvalue weighted by atomic mass is 10.0. The molecule has 1 unspecified atom stereocenters. The Morgan fingerprint density at radius 1 is 1.06 bits per heavy atom. The monoisotopic (exact) mass is 460 g/mol. The summed E-state index contributed by atoms with van der Waals surface area (Å²) in [4.78, 5) is 45.9. The number of hydrogen-bond donors (Lipinski definition) is 1. The molecule has 1 fully saturated rings. The van der Waals surface area contributed by atoms with E-state index in [0.717, 1.165) is 6.20 Å². The molecule has 1 N–H and O–H groups in total. The van der Waals surface area contributed by atoms with E-state index in [2.05, 4.69) is 10.3 Å². The van der Waals surface area contributed by atoms with Crippen molar-refractivity contribution in [1.82, 2.24) is 14.8 Å². The van der Waals surface area contributed by atoms with Gasteiger partial charge < -0.3 is 19.9 Å². The van der Waals surface area contributed by atoms with Crippen LogP contribution in [0.25, 0.3) is 11.1 Å². The molecule has 3 aromatic rings. The fourth-order valence-electron chi connectivity index (χ4n) is 4.18.